The summed E-state index contributed by atoms with van der Waals surface area (Å²) in [5.41, 5.74) is 4.65. The molecule has 0 saturated heterocycles. The minimum atomic E-state index is 0.255. The molecule has 0 amide bonds. The Hall–Kier alpha value is -2.94. The van der Waals surface area contributed by atoms with Crippen LogP contribution in [0.15, 0.2) is 79.0 Å². The summed E-state index contributed by atoms with van der Waals surface area (Å²) >= 11 is 0.261. The molecular formula is C22H14N2OSe. The number of fused-ring (bicyclic) bond motifs is 3. The summed E-state index contributed by atoms with van der Waals surface area (Å²) in [6.45, 7) is 0. The number of benzene rings is 2. The molecule has 3 nitrogen and oxygen atoms in total. The Bertz CT molecular complexity index is 1250. The second-order valence-electron chi connectivity index (χ2n) is 6.09. The number of rotatable bonds is 2. The number of phenols is 1. The van der Waals surface area contributed by atoms with Crippen molar-refractivity contribution in [3.8, 4) is 28.3 Å². The monoisotopic (exact) mass is 402 g/mol. The van der Waals surface area contributed by atoms with Gasteiger partial charge in [0, 0.05) is 0 Å². The summed E-state index contributed by atoms with van der Waals surface area (Å²) in [4.78, 5) is 9.35. The van der Waals surface area contributed by atoms with Gasteiger partial charge in [-0.3, -0.25) is 0 Å². The van der Waals surface area contributed by atoms with Crippen LogP contribution < -0.4 is 0 Å². The maximum absolute atomic E-state index is 10.2. The standard InChI is InChI=1S/C22H14N2OSe/c25-19-7-2-1-5-15(19)18-9-11-21-22(24-18)16-13-14(8-10-20(16)26-21)17-6-3-4-12-23-17/h1-13,25H. The van der Waals surface area contributed by atoms with Gasteiger partial charge < -0.3 is 0 Å². The van der Waals surface area contributed by atoms with Crippen molar-refractivity contribution in [1.29, 1.82) is 0 Å². The van der Waals surface area contributed by atoms with E-state index in [1.807, 2.05) is 48.7 Å². The van der Waals surface area contributed by atoms with Crippen LogP contribution in [0.4, 0.5) is 0 Å². The molecule has 2 aromatic carbocycles. The van der Waals surface area contributed by atoms with Crippen LogP contribution >= 0.6 is 0 Å². The van der Waals surface area contributed by atoms with E-state index in [4.69, 9.17) is 4.98 Å². The van der Waals surface area contributed by atoms with Gasteiger partial charge in [-0.2, -0.15) is 0 Å². The molecule has 0 radical (unpaired) electrons. The van der Waals surface area contributed by atoms with Crippen LogP contribution in [0.25, 0.3) is 41.9 Å². The van der Waals surface area contributed by atoms with Gasteiger partial charge in [0.2, 0.25) is 0 Å². The van der Waals surface area contributed by atoms with Crippen LogP contribution in [-0.2, 0) is 0 Å². The van der Waals surface area contributed by atoms with E-state index in [-0.39, 0.29) is 20.3 Å². The van der Waals surface area contributed by atoms with E-state index >= 15 is 0 Å². The van der Waals surface area contributed by atoms with Gasteiger partial charge in [-0.25, -0.2) is 0 Å². The summed E-state index contributed by atoms with van der Waals surface area (Å²) in [5, 5.41) is 11.3. The molecule has 0 fully saturated rings. The molecular weight excluding hydrogens is 387 g/mol. The fourth-order valence-electron chi connectivity index (χ4n) is 3.18. The van der Waals surface area contributed by atoms with E-state index in [1.54, 1.807) is 6.07 Å². The van der Waals surface area contributed by atoms with Gasteiger partial charge in [-0.1, -0.05) is 0 Å². The Kier molecular flexibility index (Phi) is 3.59. The minimum absolute atomic E-state index is 0.255. The Morgan fingerprint density at radius 1 is 0.769 bits per heavy atom. The van der Waals surface area contributed by atoms with Crippen LogP contribution in [0.3, 0.4) is 0 Å². The molecule has 5 aromatic rings. The molecule has 1 N–H and O–H groups in total. The number of nitrogens with zero attached hydrogens (tertiary/aromatic N) is 2. The van der Waals surface area contributed by atoms with Crippen molar-refractivity contribution in [2.24, 2.45) is 0 Å². The zero-order valence-electron chi connectivity index (χ0n) is 13.8. The molecule has 0 unspecified atom stereocenters. The number of phenolic OH excluding ortho intramolecular Hbond substituents is 1. The zero-order valence-corrected chi connectivity index (χ0v) is 15.5. The molecule has 3 heterocycles. The molecule has 0 aliphatic heterocycles. The number of para-hydroxylation sites is 1. The predicted octanol–water partition coefficient (Wildman–Crippen LogP) is 4.88. The third-order valence-electron chi connectivity index (χ3n) is 4.45. The zero-order chi connectivity index (χ0) is 17.5. The first-order chi connectivity index (χ1) is 12.8. The van der Waals surface area contributed by atoms with Gasteiger partial charge in [-0.05, 0) is 0 Å². The van der Waals surface area contributed by atoms with E-state index in [0.717, 1.165) is 28.0 Å². The number of aromatic hydroxyl groups is 1. The van der Waals surface area contributed by atoms with Crippen molar-refractivity contribution in [2.75, 3.05) is 0 Å². The number of pyridine rings is 2. The van der Waals surface area contributed by atoms with Crippen LogP contribution in [0.5, 0.6) is 5.75 Å². The fraction of sp³-hybridized carbons (Fsp3) is 0. The normalized spacial score (nSPS) is 11.2. The van der Waals surface area contributed by atoms with Crippen molar-refractivity contribution < 1.29 is 5.11 Å². The van der Waals surface area contributed by atoms with Gasteiger partial charge >= 0.3 is 156 Å². The fourth-order valence-corrected chi connectivity index (χ4v) is 5.33. The third kappa shape index (κ3) is 2.51. The van der Waals surface area contributed by atoms with Crippen molar-refractivity contribution in [1.82, 2.24) is 9.97 Å². The Balaban J connectivity index is 1.74. The van der Waals surface area contributed by atoms with Crippen LogP contribution in [0.1, 0.15) is 0 Å². The summed E-state index contributed by atoms with van der Waals surface area (Å²) in [5.74, 6) is 0.255. The van der Waals surface area contributed by atoms with E-state index < -0.39 is 0 Å². The molecule has 0 spiro atoms. The second kappa shape index (κ2) is 6.10. The van der Waals surface area contributed by atoms with Crippen molar-refractivity contribution >= 4 is 33.9 Å². The topological polar surface area (TPSA) is 46.0 Å². The van der Waals surface area contributed by atoms with Crippen molar-refractivity contribution in [3.05, 3.63) is 79.0 Å². The van der Waals surface area contributed by atoms with E-state index in [9.17, 15) is 5.11 Å². The maximum atomic E-state index is 10.2. The molecule has 0 aliphatic carbocycles. The van der Waals surface area contributed by atoms with Crippen LogP contribution in [0.2, 0.25) is 0 Å². The SMILES string of the molecule is Oc1ccccc1-c1ccc2[se]c3ccc(-c4ccccn4)cc3c2n1. The van der Waals surface area contributed by atoms with Crippen molar-refractivity contribution in [2.45, 2.75) is 0 Å². The second-order valence-corrected chi connectivity index (χ2v) is 8.36. The quantitative estimate of drug-likeness (QED) is 0.429. The van der Waals surface area contributed by atoms with Crippen molar-refractivity contribution in [3.63, 3.8) is 0 Å². The predicted molar refractivity (Wildman–Crippen MR) is 107 cm³/mol. The number of hydrogen-bond donors (Lipinski definition) is 1. The van der Waals surface area contributed by atoms with Gasteiger partial charge in [-0.15, -0.1) is 0 Å². The number of hydrogen-bond acceptors (Lipinski definition) is 3. The molecule has 3 aromatic heterocycles. The molecule has 124 valence electrons. The van der Waals surface area contributed by atoms with Gasteiger partial charge in [0.05, 0.1) is 0 Å². The molecule has 0 aliphatic rings. The molecule has 0 saturated carbocycles. The Labute approximate surface area is 156 Å². The molecule has 26 heavy (non-hydrogen) atoms. The van der Waals surface area contributed by atoms with E-state index in [1.165, 1.54) is 13.9 Å². The van der Waals surface area contributed by atoms with Gasteiger partial charge in [0.1, 0.15) is 0 Å². The molecule has 0 atom stereocenters. The average Bonchev–Trinajstić information content (AvgIpc) is 3.06. The first-order valence-corrected chi connectivity index (χ1v) is 10.0. The van der Waals surface area contributed by atoms with E-state index in [0.29, 0.717) is 0 Å². The van der Waals surface area contributed by atoms with Crippen LogP contribution in [-0.4, -0.2) is 29.6 Å². The van der Waals surface area contributed by atoms with E-state index in [2.05, 4.69) is 29.2 Å². The summed E-state index contributed by atoms with van der Waals surface area (Å²) < 4.78 is 2.62. The molecule has 4 heteroatoms. The first-order valence-electron chi connectivity index (χ1n) is 8.33. The van der Waals surface area contributed by atoms with Gasteiger partial charge in [0.25, 0.3) is 0 Å². The summed E-state index contributed by atoms with van der Waals surface area (Å²) in [6, 6.07) is 23.9. The summed E-state index contributed by atoms with van der Waals surface area (Å²) in [6.07, 6.45) is 1.81. The number of aromatic nitrogens is 2. The Morgan fingerprint density at radius 3 is 2.46 bits per heavy atom. The molecule has 5 rings (SSSR count). The van der Waals surface area contributed by atoms with Crippen LogP contribution in [0, 0.1) is 0 Å². The Morgan fingerprint density at radius 2 is 1.62 bits per heavy atom. The third-order valence-corrected chi connectivity index (χ3v) is 6.81. The first kappa shape index (κ1) is 15.3. The van der Waals surface area contributed by atoms with Gasteiger partial charge in [0.15, 0.2) is 0 Å². The molecule has 0 bridgehead atoms. The summed E-state index contributed by atoms with van der Waals surface area (Å²) in [7, 11) is 0. The average molecular weight is 401 g/mol.